The summed E-state index contributed by atoms with van der Waals surface area (Å²) in [6, 6.07) is 0.220. The third-order valence-electron chi connectivity index (χ3n) is 4.39. The third kappa shape index (κ3) is 3.22. The summed E-state index contributed by atoms with van der Waals surface area (Å²) < 4.78 is 5.31. The average molecular weight is 296 g/mol. The lowest BCUT2D eigenvalue weighted by atomic mass is 9.94. The molecule has 2 heterocycles. The van der Waals surface area contributed by atoms with Crippen molar-refractivity contribution in [2.75, 3.05) is 19.8 Å². The van der Waals surface area contributed by atoms with Gasteiger partial charge in [-0.3, -0.25) is 0 Å². The van der Waals surface area contributed by atoms with Crippen LogP contribution in [0.25, 0.3) is 0 Å². The van der Waals surface area contributed by atoms with Gasteiger partial charge < -0.3 is 15.2 Å². The Morgan fingerprint density at radius 3 is 2.85 bits per heavy atom. The molecule has 1 fully saturated rings. The van der Waals surface area contributed by atoms with Gasteiger partial charge in [-0.25, -0.2) is 4.98 Å². The molecule has 20 heavy (non-hydrogen) atoms. The van der Waals surface area contributed by atoms with Crippen molar-refractivity contribution in [3.63, 3.8) is 0 Å². The van der Waals surface area contributed by atoms with E-state index in [2.05, 4.69) is 12.2 Å². The van der Waals surface area contributed by atoms with E-state index in [9.17, 15) is 5.11 Å². The van der Waals surface area contributed by atoms with Crippen LogP contribution in [0.1, 0.15) is 54.2 Å². The number of thiazole rings is 1. The summed E-state index contributed by atoms with van der Waals surface area (Å²) in [5, 5.41) is 15.1. The van der Waals surface area contributed by atoms with Gasteiger partial charge in [-0.2, -0.15) is 0 Å². The molecule has 1 aromatic heterocycles. The number of nitrogens with zero attached hydrogens (tertiary/aromatic N) is 1. The maximum absolute atomic E-state index is 10.5. The summed E-state index contributed by atoms with van der Waals surface area (Å²) in [4.78, 5) is 6.26. The number of fused-ring (bicyclic) bond motifs is 1. The van der Waals surface area contributed by atoms with E-state index in [1.54, 1.807) is 0 Å². The molecule has 0 saturated carbocycles. The SMILES string of the molecule is CC(NCC1(O)CCOCC1)c1nc2c(s1)CCCC2. The Bertz CT molecular complexity index is 431. The number of ether oxygens (including phenoxy) is 1. The quantitative estimate of drug-likeness (QED) is 0.894. The molecule has 0 aromatic carbocycles. The maximum atomic E-state index is 10.5. The molecule has 1 aliphatic carbocycles. The number of rotatable bonds is 4. The van der Waals surface area contributed by atoms with Crippen LogP contribution in [0.3, 0.4) is 0 Å². The standard InChI is InChI=1S/C15H24N2O2S/c1-11(16-10-15(18)6-8-19-9-7-15)14-17-12-4-2-3-5-13(12)20-14/h11,16,18H,2-10H2,1H3. The monoisotopic (exact) mass is 296 g/mol. The molecule has 5 heteroatoms. The molecular formula is C15H24N2O2S. The maximum Gasteiger partial charge on any atom is 0.110 e. The Morgan fingerprint density at radius 2 is 2.10 bits per heavy atom. The molecule has 4 nitrogen and oxygen atoms in total. The lowest BCUT2D eigenvalue weighted by Crippen LogP contribution is -2.45. The topological polar surface area (TPSA) is 54.4 Å². The van der Waals surface area contributed by atoms with E-state index in [4.69, 9.17) is 9.72 Å². The van der Waals surface area contributed by atoms with Crippen LogP contribution >= 0.6 is 11.3 Å². The van der Waals surface area contributed by atoms with Crippen molar-refractivity contribution in [3.8, 4) is 0 Å². The van der Waals surface area contributed by atoms with Crippen LogP contribution in [0.2, 0.25) is 0 Å². The van der Waals surface area contributed by atoms with Crippen LogP contribution in [0.15, 0.2) is 0 Å². The molecule has 112 valence electrons. The van der Waals surface area contributed by atoms with Gasteiger partial charge in [0.05, 0.1) is 17.3 Å². The van der Waals surface area contributed by atoms with Gasteiger partial charge in [-0.05, 0) is 32.6 Å². The van der Waals surface area contributed by atoms with Crippen molar-refractivity contribution < 1.29 is 9.84 Å². The lowest BCUT2D eigenvalue weighted by Gasteiger charge is -2.33. The minimum absolute atomic E-state index is 0.220. The van der Waals surface area contributed by atoms with E-state index in [0.717, 1.165) is 19.3 Å². The predicted molar refractivity (Wildman–Crippen MR) is 80.2 cm³/mol. The van der Waals surface area contributed by atoms with Gasteiger partial charge in [0.2, 0.25) is 0 Å². The Labute approximate surface area is 124 Å². The number of hydrogen-bond acceptors (Lipinski definition) is 5. The second-order valence-electron chi connectivity index (χ2n) is 6.07. The largest absolute Gasteiger partial charge is 0.388 e. The van der Waals surface area contributed by atoms with Crippen LogP contribution < -0.4 is 5.32 Å². The fraction of sp³-hybridized carbons (Fsp3) is 0.800. The molecule has 0 amide bonds. The van der Waals surface area contributed by atoms with E-state index in [1.807, 2.05) is 11.3 Å². The third-order valence-corrected chi connectivity index (χ3v) is 5.73. The first-order chi connectivity index (χ1) is 9.66. The highest BCUT2D eigenvalue weighted by molar-refractivity contribution is 7.11. The Morgan fingerprint density at radius 1 is 1.35 bits per heavy atom. The van der Waals surface area contributed by atoms with Crippen LogP contribution in [0.5, 0.6) is 0 Å². The highest BCUT2D eigenvalue weighted by Crippen LogP contribution is 2.30. The predicted octanol–water partition coefficient (Wildman–Crippen LogP) is 2.21. The molecule has 0 bridgehead atoms. The minimum Gasteiger partial charge on any atom is -0.388 e. The molecule has 2 aliphatic rings. The summed E-state index contributed by atoms with van der Waals surface area (Å²) in [6.07, 6.45) is 6.36. The van der Waals surface area contributed by atoms with Gasteiger partial charge in [0.25, 0.3) is 0 Å². The molecular weight excluding hydrogens is 272 g/mol. The highest BCUT2D eigenvalue weighted by atomic mass is 32.1. The Hall–Kier alpha value is -0.490. The smallest absolute Gasteiger partial charge is 0.110 e. The summed E-state index contributed by atoms with van der Waals surface area (Å²) in [5.41, 5.74) is 0.707. The normalized spacial score (nSPS) is 23.3. The average Bonchev–Trinajstić information content (AvgIpc) is 2.89. The first-order valence-corrected chi connectivity index (χ1v) is 8.50. The molecule has 1 unspecified atom stereocenters. The summed E-state index contributed by atoms with van der Waals surface area (Å²) in [5.74, 6) is 0. The fourth-order valence-corrected chi connectivity index (χ4v) is 4.10. The van der Waals surface area contributed by atoms with Crippen LogP contribution in [-0.4, -0.2) is 35.5 Å². The van der Waals surface area contributed by atoms with E-state index >= 15 is 0 Å². The molecule has 2 N–H and O–H groups in total. The number of nitrogens with one attached hydrogen (secondary N) is 1. The molecule has 0 radical (unpaired) electrons. The van der Waals surface area contributed by atoms with Gasteiger partial charge in [0, 0.05) is 37.5 Å². The number of aliphatic hydroxyl groups is 1. The van der Waals surface area contributed by atoms with Crippen molar-refractivity contribution in [3.05, 3.63) is 15.6 Å². The van der Waals surface area contributed by atoms with Crippen molar-refractivity contribution >= 4 is 11.3 Å². The summed E-state index contributed by atoms with van der Waals surface area (Å²) in [6.45, 7) is 4.10. The van der Waals surface area contributed by atoms with Gasteiger partial charge in [0.1, 0.15) is 5.01 Å². The molecule has 1 aliphatic heterocycles. The Kier molecular flexibility index (Phi) is 4.40. The lowest BCUT2D eigenvalue weighted by molar-refractivity contribution is -0.0626. The Balaban J connectivity index is 1.58. The van der Waals surface area contributed by atoms with E-state index < -0.39 is 5.60 Å². The number of aromatic nitrogens is 1. The summed E-state index contributed by atoms with van der Waals surface area (Å²) in [7, 11) is 0. The van der Waals surface area contributed by atoms with Crippen molar-refractivity contribution in [1.29, 1.82) is 0 Å². The number of hydrogen-bond donors (Lipinski definition) is 2. The fourth-order valence-electron chi connectivity index (χ4n) is 2.92. The second-order valence-corrected chi connectivity index (χ2v) is 7.18. The van der Waals surface area contributed by atoms with Gasteiger partial charge in [-0.1, -0.05) is 0 Å². The van der Waals surface area contributed by atoms with Gasteiger partial charge in [0.15, 0.2) is 0 Å². The van der Waals surface area contributed by atoms with Crippen LogP contribution in [0, 0.1) is 0 Å². The first-order valence-electron chi connectivity index (χ1n) is 7.68. The summed E-state index contributed by atoms with van der Waals surface area (Å²) >= 11 is 1.85. The van der Waals surface area contributed by atoms with Crippen LogP contribution in [-0.2, 0) is 17.6 Å². The zero-order valence-corrected chi connectivity index (χ0v) is 13.0. The van der Waals surface area contributed by atoms with Crippen LogP contribution in [0.4, 0.5) is 0 Å². The zero-order valence-electron chi connectivity index (χ0n) is 12.2. The van der Waals surface area contributed by atoms with Crippen molar-refractivity contribution in [2.45, 2.75) is 57.1 Å². The van der Waals surface area contributed by atoms with E-state index in [-0.39, 0.29) is 6.04 Å². The minimum atomic E-state index is -0.608. The van der Waals surface area contributed by atoms with E-state index in [0.29, 0.717) is 19.8 Å². The van der Waals surface area contributed by atoms with Crippen molar-refractivity contribution in [2.24, 2.45) is 0 Å². The molecule has 1 atom stereocenters. The first kappa shape index (κ1) is 14.4. The molecule has 1 saturated heterocycles. The zero-order chi connectivity index (χ0) is 14.0. The molecule has 1 aromatic rings. The number of aryl methyl sites for hydroxylation is 2. The van der Waals surface area contributed by atoms with Crippen molar-refractivity contribution in [1.82, 2.24) is 10.3 Å². The van der Waals surface area contributed by atoms with Gasteiger partial charge in [-0.15, -0.1) is 11.3 Å². The highest BCUT2D eigenvalue weighted by Gasteiger charge is 2.30. The van der Waals surface area contributed by atoms with E-state index in [1.165, 1.54) is 34.8 Å². The second kappa shape index (κ2) is 6.10. The molecule has 0 spiro atoms. The van der Waals surface area contributed by atoms with Gasteiger partial charge >= 0.3 is 0 Å². The molecule has 3 rings (SSSR count).